The van der Waals surface area contributed by atoms with E-state index in [0.29, 0.717) is 18.4 Å². The Bertz CT molecular complexity index is 369. The Hall–Kier alpha value is -0.890. The smallest absolute Gasteiger partial charge is 0.129 e. The Kier molecular flexibility index (Phi) is 3.02. The average Bonchev–Trinajstić information content (AvgIpc) is 2.16. The second kappa shape index (κ2) is 4.17. The van der Waals surface area contributed by atoms with Crippen LogP contribution >= 0.6 is 0 Å². The number of aryl methyl sites for hydroxylation is 2. The Morgan fingerprint density at radius 2 is 1.75 bits per heavy atom. The molecule has 1 N–H and O–H groups in total. The lowest BCUT2D eigenvalue weighted by molar-refractivity contribution is -0.00432. The number of halogens is 1. The summed E-state index contributed by atoms with van der Waals surface area (Å²) in [6.45, 7) is 3.77. The van der Waals surface area contributed by atoms with Crippen LogP contribution in [0.3, 0.4) is 0 Å². The summed E-state index contributed by atoms with van der Waals surface area (Å²) in [5.41, 5.74) is 1.39. The first-order valence-electron chi connectivity index (χ1n) is 6.02. The third-order valence-electron chi connectivity index (χ3n) is 3.58. The molecule has 88 valence electrons. The summed E-state index contributed by atoms with van der Waals surface area (Å²) < 4.78 is 14.0. The van der Waals surface area contributed by atoms with Gasteiger partial charge in [-0.1, -0.05) is 25.3 Å². The van der Waals surface area contributed by atoms with Crippen LogP contribution in [0.25, 0.3) is 0 Å². The Balaban J connectivity index is 2.46. The molecule has 0 amide bonds. The van der Waals surface area contributed by atoms with Gasteiger partial charge in [0.2, 0.25) is 0 Å². The van der Waals surface area contributed by atoms with E-state index in [1.165, 1.54) is 6.07 Å². The minimum absolute atomic E-state index is 0.248. The molecule has 2 heteroatoms. The standard InChI is InChI=1S/C14H19FO/c1-10-8-11(2)13(12(15)9-10)14(16)6-4-3-5-7-14/h8-9,16H,3-7H2,1-2H3. The predicted octanol–water partition coefficient (Wildman–Crippen LogP) is 3.59. The van der Waals surface area contributed by atoms with Crippen molar-refractivity contribution in [1.82, 2.24) is 0 Å². The Morgan fingerprint density at radius 1 is 1.12 bits per heavy atom. The molecule has 2 rings (SSSR count). The maximum atomic E-state index is 14.0. The molecule has 0 spiro atoms. The Morgan fingerprint density at radius 3 is 2.31 bits per heavy atom. The van der Waals surface area contributed by atoms with Crippen LogP contribution in [0.5, 0.6) is 0 Å². The second-order valence-corrected chi connectivity index (χ2v) is 5.03. The summed E-state index contributed by atoms with van der Waals surface area (Å²) in [5.74, 6) is -0.248. The molecular weight excluding hydrogens is 203 g/mol. The van der Waals surface area contributed by atoms with Crippen molar-refractivity contribution in [3.05, 3.63) is 34.6 Å². The molecule has 0 aromatic heterocycles. The number of aliphatic hydroxyl groups is 1. The van der Waals surface area contributed by atoms with Gasteiger partial charge in [-0.2, -0.15) is 0 Å². The fraction of sp³-hybridized carbons (Fsp3) is 0.571. The molecule has 1 aliphatic rings. The topological polar surface area (TPSA) is 20.2 Å². The lowest BCUT2D eigenvalue weighted by Crippen LogP contribution is -2.30. The van der Waals surface area contributed by atoms with Crippen molar-refractivity contribution in [2.75, 3.05) is 0 Å². The Labute approximate surface area is 96.3 Å². The first kappa shape index (κ1) is 11.6. The molecule has 0 aliphatic heterocycles. The van der Waals surface area contributed by atoms with Gasteiger partial charge in [0, 0.05) is 5.56 Å². The summed E-state index contributed by atoms with van der Waals surface area (Å²) in [6, 6.07) is 3.47. The molecule has 1 nitrogen and oxygen atoms in total. The molecule has 0 atom stereocenters. The largest absolute Gasteiger partial charge is 0.385 e. The van der Waals surface area contributed by atoms with E-state index in [9.17, 15) is 9.50 Å². The average molecular weight is 222 g/mol. The maximum absolute atomic E-state index is 14.0. The quantitative estimate of drug-likeness (QED) is 0.769. The summed E-state index contributed by atoms with van der Waals surface area (Å²) in [5, 5.41) is 10.6. The molecule has 1 fully saturated rings. The fourth-order valence-corrected chi connectivity index (χ4v) is 2.89. The zero-order chi connectivity index (χ0) is 11.8. The molecule has 0 heterocycles. The summed E-state index contributed by atoms with van der Waals surface area (Å²) >= 11 is 0. The molecule has 0 unspecified atom stereocenters. The van der Waals surface area contributed by atoms with Gasteiger partial charge in [0.05, 0.1) is 5.60 Å². The minimum atomic E-state index is -0.930. The maximum Gasteiger partial charge on any atom is 0.129 e. The van der Waals surface area contributed by atoms with Crippen LogP contribution in [0.1, 0.15) is 48.8 Å². The van der Waals surface area contributed by atoms with Gasteiger partial charge >= 0.3 is 0 Å². The minimum Gasteiger partial charge on any atom is -0.385 e. The lowest BCUT2D eigenvalue weighted by atomic mass is 9.77. The van der Waals surface area contributed by atoms with Gasteiger partial charge in [0.1, 0.15) is 5.82 Å². The summed E-state index contributed by atoms with van der Waals surface area (Å²) in [6.07, 6.45) is 4.50. The molecule has 1 aromatic rings. The van der Waals surface area contributed by atoms with Gasteiger partial charge < -0.3 is 5.11 Å². The summed E-state index contributed by atoms with van der Waals surface area (Å²) in [7, 11) is 0. The monoisotopic (exact) mass is 222 g/mol. The highest BCUT2D eigenvalue weighted by Gasteiger charge is 2.34. The van der Waals surface area contributed by atoms with E-state index < -0.39 is 5.60 Å². The van der Waals surface area contributed by atoms with Crippen LogP contribution in [0.4, 0.5) is 4.39 Å². The number of hydrogen-bond donors (Lipinski definition) is 1. The normalized spacial score (nSPS) is 19.8. The van der Waals surface area contributed by atoms with Crippen LogP contribution in [0, 0.1) is 19.7 Å². The third kappa shape index (κ3) is 1.99. The molecule has 0 bridgehead atoms. The molecule has 1 saturated carbocycles. The van der Waals surface area contributed by atoms with Gasteiger partial charge in [-0.3, -0.25) is 0 Å². The van der Waals surface area contributed by atoms with Crippen molar-refractivity contribution in [2.24, 2.45) is 0 Å². The van der Waals surface area contributed by atoms with E-state index in [1.54, 1.807) is 0 Å². The fourth-order valence-electron chi connectivity index (χ4n) is 2.89. The van der Waals surface area contributed by atoms with Crippen LogP contribution < -0.4 is 0 Å². The number of hydrogen-bond acceptors (Lipinski definition) is 1. The molecule has 1 aromatic carbocycles. The van der Waals surface area contributed by atoms with Gasteiger partial charge in [0.15, 0.2) is 0 Å². The number of rotatable bonds is 1. The van der Waals surface area contributed by atoms with E-state index in [-0.39, 0.29) is 5.82 Å². The molecular formula is C14H19FO. The van der Waals surface area contributed by atoms with Crippen molar-refractivity contribution >= 4 is 0 Å². The van der Waals surface area contributed by atoms with Crippen LogP contribution in [0.2, 0.25) is 0 Å². The zero-order valence-corrected chi connectivity index (χ0v) is 10.0. The van der Waals surface area contributed by atoms with E-state index in [0.717, 1.165) is 30.4 Å². The van der Waals surface area contributed by atoms with Crippen LogP contribution in [-0.4, -0.2) is 5.11 Å². The SMILES string of the molecule is Cc1cc(C)c(C2(O)CCCCC2)c(F)c1. The molecule has 0 saturated heterocycles. The van der Waals surface area contributed by atoms with Gasteiger partial charge in [-0.05, 0) is 43.9 Å². The van der Waals surface area contributed by atoms with Crippen molar-refractivity contribution in [1.29, 1.82) is 0 Å². The van der Waals surface area contributed by atoms with E-state index in [2.05, 4.69) is 0 Å². The first-order chi connectivity index (χ1) is 7.53. The van der Waals surface area contributed by atoms with Crippen molar-refractivity contribution in [3.63, 3.8) is 0 Å². The van der Waals surface area contributed by atoms with Gasteiger partial charge in [0.25, 0.3) is 0 Å². The van der Waals surface area contributed by atoms with Crippen LogP contribution in [-0.2, 0) is 5.60 Å². The van der Waals surface area contributed by atoms with E-state index >= 15 is 0 Å². The van der Waals surface area contributed by atoms with Crippen LogP contribution in [0.15, 0.2) is 12.1 Å². The highest BCUT2D eigenvalue weighted by atomic mass is 19.1. The highest BCUT2D eigenvalue weighted by molar-refractivity contribution is 5.36. The van der Waals surface area contributed by atoms with Crippen molar-refractivity contribution < 1.29 is 9.50 Å². The summed E-state index contributed by atoms with van der Waals surface area (Å²) in [4.78, 5) is 0. The first-order valence-corrected chi connectivity index (χ1v) is 6.02. The predicted molar refractivity (Wildman–Crippen MR) is 62.9 cm³/mol. The highest BCUT2D eigenvalue weighted by Crippen LogP contribution is 2.39. The van der Waals surface area contributed by atoms with E-state index in [4.69, 9.17) is 0 Å². The zero-order valence-electron chi connectivity index (χ0n) is 10.0. The number of benzene rings is 1. The van der Waals surface area contributed by atoms with Crippen molar-refractivity contribution in [2.45, 2.75) is 51.6 Å². The lowest BCUT2D eigenvalue weighted by Gasteiger charge is -2.34. The van der Waals surface area contributed by atoms with Gasteiger partial charge in [-0.15, -0.1) is 0 Å². The molecule has 1 aliphatic carbocycles. The third-order valence-corrected chi connectivity index (χ3v) is 3.58. The van der Waals surface area contributed by atoms with Crippen molar-refractivity contribution in [3.8, 4) is 0 Å². The molecule has 0 radical (unpaired) electrons. The second-order valence-electron chi connectivity index (χ2n) is 5.03. The van der Waals surface area contributed by atoms with E-state index in [1.807, 2.05) is 19.9 Å². The molecule has 16 heavy (non-hydrogen) atoms. The van der Waals surface area contributed by atoms with Gasteiger partial charge in [-0.25, -0.2) is 4.39 Å².